The van der Waals surface area contributed by atoms with Gasteiger partial charge in [0.25, 0.3) is 0 Å². The third kappa shape index (κ3) is 5.88. The molecule has 0 spiro atoms. The van der Waals surface area contributed by atoms with Gasteiger partial charge in [-0.1, -0.05) is 92.7 Å². The summed E-state index contributed by atoms with van der Waals surface area (Å²) in [5.41, 5.74) is 1.61. The number of nitrogens with zero attached hydrogens (tertiary/aromatic N) is 1. The average Bonchev–Trinajstić information content (AvgIpc) is 2.90. The number of aliphatic hydroxyl groups is 2. The monoisotopic (exact) mass is 487 g/mol. The van der Waals surface area contributed by atoms with Crippen molar-refractivity contribution < 1.29 is 15.0 Å². The van der Waals surface area contributed by atoms with E-state index in [0.717, 1.165) is 62.0 Å². The maximum atomic E-state index is 12.9. The molecule has 2 aromatic carbocycles. The molecule has 1 saturated heterocycles. The fraction of sp³-hybridized carbons (Fsp3) is 0.469. The number of carbonyl (C=O) groups excluding carboxylic acids is 1. The SMILES string of the molecule is CC1(C)C=C(C(=O)CCCN2CCC(C(O)(c3ccccc3)c3ccccc3)CC2)C=CC1CCO. The van der Waals surface area contributed by atoms with Gasteiger partial charge in [-0.05, 0) is 73.7 Å². The van der Waals surface area contributed by atoms with E-state index in [0.29, 0.717) is 6.42 Å². The summed E-state index contributed by atoms with van der Waals surface area (Å²) >= 11 is 0. The van der Waals surface area contributed by atoms with Crippen LogP contribution >= 0.6 is 0 Å². The van der Waals surface area contributed by atoms with E-state index in [2.05, 4.69) is 30.9 Å². The zero-order valence-corrected chi connectivity index (χ0v) is 21.8. The molecule has 0 aromatic heterocycles. The van der Waals surface area contributed by atoms with Crippen molar-refractivity contribution >= 4 is 5.78 Å². The van der Waals surface area contributed by atoms with Crippen LogP contribution in [0.15, 0.2) is 84.5 Å². The lowest BCUT2D eigenvalue weighted by atomic mass is 9.72. The Morgan fingerprint density at radius 1 is 1.00 bits per heavy atom. The summed E-state index contributed by atoms with van der Waals surface area (Å²) in [5.74, 6) is 0.622. The molecule has 1 heterocycles. The van der Waals surface area contributed by atoms with Crippen LogP contribution in [0, 0.1) is 17.3 Å². The summed E-state index contributed by atoms with van der Waals surface area (Å²) in [6.07, 6.45) is 10.1. The van der Waals surface area contributed by atoms with Crippen molar-refractivity contribution in [2.45, 2.75) is 51.6 Å². The summed E-state index contributed by atoms with van der Waals surface area (Å²) < 4.78 is 0. The summed E-state index contributed by atoms with van der Waals surface area (Å²) in [7, 11) is 0. The number of Topliss-reactive ketones (excluding diaryl/α,β-unsaturated/α-hetero) is 1. The van der Waals surface area contributed by atoms with Crippen LogP contribution in [0.3, 0.4) is 0 Å². The van der Waals surface area contributed by atoms with Gasteiger partial charge in [-0.3, -0.25) is 4.79 Å². The Labute approximate surface area is 216 Å². The molecule has 2 N–H and O–H groups in total. The van der Waals surface area contributed by atoms with E-state index in [1.54, 1.807) is 0 Å². The normalized spacial score (nSPS) is 20.8. The second kappa shape index (κ2) is 11.7. The molecule has 1 aliphatic carbocycles. The van der Waals surface area contributed by atoms with Crippen molar-refractivity contribution in [3.05, 3.63) is 95.6 Å². The topological polar surface area (TPSA) is 60.8 Å². The maximum absolute atomic E-state index is 12.9. The Kier molecular flexibility index (Phi) is 8.61. The van der Waals surface area contributed by atoms with Crippen molar-refractivity contribution in [2.24, 2.45) is 17.3 Å². The molecule has 0 amide bonds. The Bertz CT molecular complexity index is 1010. The van der Waals surface area contributed by atoms with Gasteiger partial charge in [-0.25, -0.2) is 0 Å². The number of rotatable bonds is 10. The minimum atomic E-state index is -0.995. The number of ketones is 1. The molecular weight excluding hydrogens is 446 g/mol. The number of hydrogen-bond acceptors (Lipinski definition) is 4. The minimum Gasteiger partial charge on any atom is -0.396 e. The number of carbonyl (C=O) groups is 1. The first-order valence-electron chi connectivity index (χ1n) is 13.5. The first-order valence-corrected chi connectivity index (χ1v) is 13.5. The lowest BCUT2D eigenvalue weighted by molar-refractivity contribution is -0.115. The lowest BCUT2D eigenvalue weighted by Crippen LogP contribution is -2.44. The smallest absolute Gasteiger partial charge is 0.162 e. The van der Waals surface area contributed by atoms with Gasteiger partial charge in [0.2, 0.25) is 0 Å². The lowest BCUT2D eigenvalue weighted by Gasteiger charge is -2.42. The van der Waals surface area contributed by atoms with Crippen molar-refractivity contribution in [3.63, 3.8) is 0 Å². The third-order valence-electron chi connectivity index (χ3n) is 8.24. The third-order valence-corrected chi connectivity index (χ3v) is 8.24. The van der Waals surface area contributed by atoms with Crippen molar-refractivity contribution in [2.75, 3.05) is 26.2 Å². The highest BCUT2D eigenvalue weighted by molar-refractivity contribution is 5.98. The molecule has 1 fully saturated rings. The molecule has 1 unspecified atom stereocenters. The van der Waals surface area contributed by atoms with Gasteiger partial charge in [-0.2, -0.15) is 0 Å². The minimum absolute atomic E-state index is 0.112. The van der Waals surface area contributed by atoms with Gasteiger partial charge < -0.3 is 15.1 Å². The van der Waals surface area contributed by atoms with E-state index in [9.17, 15) is 15.0 Å². The van der Waals surface area contributed by atoms with Crippen LogP contribution in [0.4, 0.5) is 0 Å². The van der Waals surface area contributed by atoms with Crippen molar-refractivity contribution in [1.29, 1.82) is 0 Å². The Balaban J connectivity index is 1.32. The maximum Gasteiger partial charge on any atom is 0.162 e. The molecule has 0 bridgehead atoms. The largest absolute Gasteiger partial charge is 0.396 e. The average molecular weight is 488 g/mol. The van der Waals surface area contributed by atoms with Crippen LogP contribution in [0.25, 0.3) is 0 Å². The molecule has 2 aliphatic rings. The highest BCUT2D eigenvalue weighted by Gasteiger charge is 2.41. The number of benzene rings is 2. The molecule has 4 nitrogen and oxygen atoms in total. The van der Waals surface area contributed by atoms with E-state index < -0.39 is 5.60 Å². The van der Waals surface area contributed by atoms with Crippen molar-refractivity contribution in [1.82, 2.24) is 4.90 Å². The number of piperidine rings is 1. The van der Waals surface area contributed by atoms with Crippen molar-refractivity contribution in [3.8, 4) is 0 Å². The molecule has 36 heavy (non-hydrogen) atoms. The highest BCUT2D eigenvalue weighted by atomic mass is 16.3. The molecule has 1 atom stereocenters. The molecule has 4 rings (SSSR count). The molecule has 2 aromatic rings. The first-order chi connectivity index (χ1) is 17.3. The van der Waals surface area contributed by atoms with E-state index in [4.69, 9.17) is 0 Å². The molecule has 0 radical (unpaired) electrons. The van der Waals surface area contributed by atoms with E-state index in [1.807, 2.05) is 66.7 Å². The number of aliphatic hydroxyl groups excluding tert-OH is 1. The zero-order chi connectivity index (χ0) is 25.6. The second-order valence-electron chi connectivity index (χ2n) is 11.0. The van der Waals surface area contributed by atoms with Gasteiger partial charge in [-0.15, -0.1) is 0 Å². The quantitative estimate of drug-likeness (QED) is 0.464. The van der Waals surface area contributed by atoms with Gasteiger partial charge in [0.15, 0.2) is 5.78 Å². The number of hydrogen-bond donors (Lipinski definition) is 2. The Morgan fingerprint density at radius 3 is 2.11 bits per heavy atom. The van der Waals surface area contributed by atoms with E-state index >= 15 is 0 Å². The molecule has 192 valence electrons. The second-order valence-corrected chi connectivity index (χ2v) is 11.0. The Morgan fingerprint density at radius 2 is 1.58 bits per heavy atom. The van der Waals surface area contributed by atoms with Gasteiger partial charge in [0.05, 0.1) is 0 Å². The van der Waals surface area contributed by atoms with Crippen LogP contribution in [0.1, 0.15) is 57.1 Å². The summed E-state index contributed by atoms with van der Waals surface area (Å²) in [6, 6.07) is 20.1. The molecule has 1 aliphatic heterocycles. The first kappa shape index (κ1) is 26.5. The van der Waals surface area contributed by atoms with E-state index in [-0.39, 0.29) is 29.6 Å². The van der Waals surface area contributed by atoms with Gasteiger partial charge >= 0.3 is 0 Å². The summed E-state index contributed by atoms with van der Waals surface area (Å²) in [5, 5.41) is 21.4. The van der Waals surface area contributed by atoms with Crippen LogP contribution in [0.5, 0.6) is 0 Å². The van der Waals surface area contributed by atoms with Crippen LogP contribution in [0.2, 0.25) is 0 Å². The number of allylic oxidation sites excluding steroid dienone is 4. The fourth-order valence-electron chi connectivity index (χ4n) is 6.01. The standard InChI is InChI=1S/C32H41NO3/c1-31(2)24-25(15-16-26(31)19-23-34)30(35)14-9-20-33-21-17-29(18-22-33)32(36,27-10-5-3-6-11-27)28-12-7-4-8-13-28/h3-8,10-13,15-16,24,26,29,34,36H,9,14,17-23H2,1-2H3. The molecule has 0 saturated carbocycles. The van der Waals surface area contributed by atoms with Gasteiger partial charge in [0.1, 0.15) is 5.60 Å². The predicted molar refractivity (Wildman–Crippen MR) is 145 cm³/mol. The summed E-state index contributed by atoms with van der Waals surface area (Å²) in [4.78, 5) is 15.3. The number of likely N-dealkylation sites (tertiary alicyclic amines) is 1. The van der Waals surface area contributed by atoms with Crippen LogP contribution in [-0.4, -0.2) is 47.1 Å². The Hall–Kier alpha value is -2.53. The van der Waals surface area contributed by atoms with Crippen LogP contribution < -0.4 is 0 Å². The fourth-order valence-corrected chi connectivity index (χ4v) is 6.01. The molecule has 4 heteroatoms. The zero-order valence-electron chi connectivity index (χ0n) is 21.8. The highest BCUT2D eigenvalue weighted by Crippen LogP contribution is 2.42. The van der Waals surface area contributed by atoms with Crippen LogP contribution in [-0.2, 0) is 10.4 Å². The van der Waals surface area contributed by atoms with E-state index in [1.165, 1.54) is 0 Å². The summed E-state index contributed by atoms with van der Waals surface area (Å²) in [6.45, 7) is 7.21. The predicted octanol–water partition coefficient (Wildman–Crippen LogP) is 5.50. The van der Waals surface area contributed by atoms with Gasteiger partial charge in [0, 0.05) is 18.6 Å². The molecular formula is C32H41NO3.